The van der Waals surface area contributed by atoms with Gasteiger partial charge < -0.3 is 5.73 Å². The molecule has 2 aromatic heterocycles. The third kappa shape index (κ3) is 2.30. The molecule has 2 heterocycles. The molecule has 0 saturated heterocycles. The molecule has 2 aromatic rings. The fraction of sp³-hybridized carbons (Fsp3) is 0.125. The number of hydrogen-bond acceptors (Lipinski definition) is 6. The molecule has 0 aliphatic carbocycles. The van der Waals surface area contributed by atoms with E-state index in [9.17, 15) is 0 Å². The summed E-state index contributed by atoms with van der Waals surface area (Å²) >= 11 is 6.43. The second-order valence-electron chi connectivity index (χ2n) is 2.76. The van der Waals surface area contributed by atoms with Gasteiger partial charge in [0.15, 0.2) is 4.34 Å². The maximum Gasteiger partial charge on any atom is 0.180 e. The molecule has 0 aliphatic rings. The molecule has 0 fully saturated rings. The number of pyridine rings is 1. The number of hydrogen-bond donors (Lipinski definition) is 1. The fourth-order valence-corrected chi connectivity index (χ4v) is 2.94. The van der Waals surface area contributed by atoms with E-state index in [0.717, 1.165) is 19.4 Å². The molecule has 78 valence electrons. The molecule has 0 aromatic carbocycles. The van der Waals surface area contributed by atoms with Crippen LogP contribution in [-0.4, -0.2) is 15.2 Å². The van der Waals surface area contributed by atoms with E-state index in [1.165, 1.54) is 23.1 Å². The van der Waals surface area contributed by atoms with E-state index >= 15 is 0 Å². The predicted octanol–water partition coefficient (Wildman–Crippen LogP) is 2.74. The Labute approximate surface area is 103 Å². The van der Waals surface area contributed by atoms with Crippen LogP contribution in [0.5, 0.6) is 0 Å². The van der Waals surface area contributed by atoms with Crippen LogP contribution in [0.2, 0.25) is 0 Å². The highest BCUT2D eigenvalue weighted by Crippen LogP contribution is 2.35. The van der Waals surface area contributed by atoms with E-state index in [0.29, 0.717) is 5.69 Å². The SMILES string of the molecule is Cc1c(N)cnc(Sc2nncs2)c1Br. The van der Waals surface area contributed by atoms with Gasteiger partial charge in [-0.1, -0.05) is 11.3 Å². The second kappa shape index (κ2) is 4.46. The lowest BCUT2D eigenvalue weighted by Crippen LogP contribution is -1.94. The lowest BCUT2D eigenvalue weighted by Gasteiger charge is -2.05. The molecule has 15 heavy (non-hydrogen) atoms. The number of rotatable bonds is 2. The van der Waals surface area contributed by atoms with Crippen LogP contribution >= 0.6 is 39.0 Å². The first kappa shape index (κ1) is 10.8. The van der Waals surface area contributed by atoms with E-state index in [4.69, 9.17) is 5.73 Å². The summed E-state index contributed by atoms with van der Waals surface area (Å²) in [5, 5.41) is 8.57. The number of anilines is 1. The molecular weight excluding hydrogens is 296 g/mol. The minimum atomic E-state index is 0.684. The number of nitrogens with two attached hydrogens (primary N) is 1. The van der Waals surface area contributed by atoms with Crippen LogP contribution < -0.4 is 5.73 Å². The Morgan fingerprint density at radius 3 is 3.00 bits per heavy atom. The van der Waals surface area contributed by atoms with E-state index in [2.05, 4.69) is 31.1 Å². The van der Waals surface area contributed by atoms with Crippen molar-refractivity contribution < 1.29 is 0 Å². The molecule has 0 saturated carbocycles. The molecular formula is C8H7BrN4S2. The summed E-state index contributed by atoms with van der Waals surface area (Å²) in [7, 11) is 0. The van der Waals surface area contributed by atoms with Crippen molar-refractivity contribution in [1.29, 1.82) is 0 Å². The lowest BCUT2D eigenvalue weighted by molar-refractivity contribution is 1.00. The third-order valence-electron chi connectivity index (χ3n) is 1.79. The summed E-state index contributed by atoms with van der Waals surface area (Å²) in [6.45, 7) is 1.95. The maximum atomic E-state index is 5.74. The van der Waals surface area contributed by atoms with Crippen LogP contribution in [0.1, 0.15) is 5.56 Å². The summed E-state index contributed by atoms with van der Waals surface area (Å²) in [5.74, 6) is 0. The second-order valence-corrected chi connectivity index (χ2v) is 5.63. The van der Waals surface area contributed by atoms with Crippen LogP contribution in [-0.2, 0) is 0 Å². The number of nitrogens with zero attached hydrogens (tertiary/aromatic N) is 3. The Kier molecular flexibility index (Phi) is 3.22. The summed E-state index contributed by atoms with van der Waals surface area (Å²) < 4.78 is 1.79. The van der Waals surface area contributed by atoms with Crippen molar-refractivity contribution in [1.82, 2.24) is 15.2 Å². The summed E-state index contributed by atoms with van der Waals surface area (Å²) in [6.07, 6.45) is 1.66. The average molecular weight is 303 g/mol. The highest BCUT2D eigenvalue weighted by molar-refractivity contribution is 9.10. The highest BCUT2D eigenvalue weighted by Gasteiger charge is 2.10. The van der Waals surface area contributed by atoms with Gasteiger partial charge in [-0.2, -0.15) is 0 Å². The maximum absolute atomic E-state index is 5.74. The van der Waals surface area contributed by atoms with Crippen molar-refractivity contribution in [2.45, 2.75) is 16.3 Å². The third-order valence-corrected chi connectivity index (χ3v) is 4.81. The topological polar surface area (TPSA) is 64.7 Å². The van der Waals surface area contributed by atoms with Crippen molar-refractivity contribution >= 4 is 44.7 Å². The van der Waals surface area contributed by atoms with Gasteiger partial charge in [0.25, 0.3) is 0 Å². The van der Waals surface area contributed by atoms with Gasteiger partial charge in [0.2, 0.25) is 0 Å². The van der Waals surface area contributed by atoms with E-state index in [1.54, 1.807) is 11.7 Å². The van der Waals surface area contributed by atoms with Gasteiger partial charge in [-0.15, -0.1) is 10.2 Å². The van der Waals surface area contributed by atoms with Crippen LogP contribution in [0.3, 0.4) is 0 Å². The Morgan fingerprint density at radius 2 is 2.33 bits per heavy atom. The van der Waals surface area contributed by atoms with E-state index < -0.39 is 0 Å². The number of halogens is 1. The van der Waals surface area contributed by atoms with Crippen molar-refractivity contribution in [3.63, 3.8) is 0 Å². The standard InChI is InChI=1S/C8H7BrN4S2/c1-4-5(10)2-11-7(6(4)9)15-8-13-12-3-14-8/h2-3H,10H2,1H3. The average Bonchev–Trinajstić information content (AvgIpc) is 2.72. The van der Waals surface area contributed by atoms with Crippen molar-refractivity contribution in [3.8, 4) is 0 Å². The molecule has 2 N–H and O–H groups in total. The van der Waals surface area contributed by atoms with Gasteiger partial charge in [-0.3, -0.25) is 0 Å². The molecule has 0 bridgehead atoms. The zero-order valence-corrected chi connectivity index (χ0v) is 11.0. The molecule has 4 nitrogen and oxygen atoms in total. The van der Waals surface area contributed by atoms with Crippen LogP contribution in [0.25, 0.3) is 0 Å². The van der Waals surface area contributed by atoms with Crippen molar-refractivity contribution in [2.75, 3.05) is 5.73 Å². The minimum absolute atomic E-state index is 0.684. The molecule has 0 spiro atoms. The van der Waals surface area contributed by atoms with Crippen molar-refractivity contribution in [2.24, 2.45) is 0 Å². The Hall–Kier alpha value is -0.660. The number of nitrogen functional groups attached to an aromatic ring is 1. The van der Waals surface area contributed by atoms with E-state index in [1.807, 2.05) is 6.92 Å². The predicted molar refractivity (Wildman–Crippen MR) is 65.1 cm³/mol. The zero-order valence-electron chi connectivity index (χ0n) is 7.77. The van der Waals surface area contributed by atoms with Gasteiger partial charge in [0.05, 0.1) is 16.4 Å². The first-order chi connectivity index (χ1) is 7.18. The Balaban J connectivity index is 2.34. The van der Waals surface area contributed by atoms with Gasteiger partial charge in [-0.05, 0) is 40.2 Å². The Morgan fingerprint density at radius 1 is 1.53 bits per heavy atom. The van der Waals surface area contributed by atoms with Crippen LogP contribution in [0.4, 0.5) is 5.69 Å². The lowest BCUT2D eigenvalue weighted by atomic mass is 10.3. The van der Waals surface area contributed by atoms with Gasteiger partial charge in [0, 0.05) is 0 Å². The quantitative estimate of drug-likeness (QED) is 0.924. The van der Waals surface area contributed by atoms with Crippen LogP contribution in [0.15, 0.2) is 25.5 Å². The fourth-order valence-electron chi connectivity index (χ4n) is 0.930. The first-order valence-electron chi connectivity index (χ1n) is 4.03. The molecule has 0 aliphatic heterocycles. The number of aromatic nitrogens is 3. The normalized spacial score (nSPS) is 10.5. The molecule has 0 radical (unpaired) electrons. The summed E-state index contributed by atoms with van der Waals surface area (Å²) in [5.41, 5.74) is 9.11. The van der Waals surface area contributed by atoms with E-state index in [-0.39, 0.29) is 0 Å². The highest BCUT2D eigenvalue weighted by atomic mass is 79.9. The first-order valence-corrected chi connectivity index (χ1v) is 6.52. The van der Waals surface area contributed by atoms with Gasteiger partial charge in [0.1, 0.15) is 10.5 Å². The summed E-state index contributed by atoms with van der Waals surface area (Å²) in [4.78, 5) is 4.24. The van der Waals surface area contributed by atoms with Crippen LogP contribution in [0, 0.1) is 6.92 Å². The monoisotopic (exact) mass is 302 g/mol. The molecule has 0 unspecified atom stereocenters. The Bertz CT molecular complexity index is 472. The van der Waals surface area contributed by atoms with Gasteiger partial charge in [-0.25, -0.2) is 4.98 Å². The summed E-state index contributed by atoms with van der Waals surface area (Å²) in [6, 6.07) is 0. The minimum Gasteiger partial charge on any atom is -0.397 e. The van der Waals surface area contributed by atoms with Crippen molar-refractivity contribution in [3.05, 3.63) is 21.7 Å². The smallest absolute Gasteiger partial charge is 0.180 e. The zero-order chi connectivity index (χ0) is 10.8. The molecule has 0 atom stereocenters. The van der Waals surface area contributed by atoms with Gasteiger partial charge >= 0.3 is 0 Å². The molecule has 2 rings (SSSR count). The molecule has 0 amide bonds. The molecule has 7 heteroatoms. The largest absolute Gasteiger partial charge is 0.397 e.